The first-order chi connectivity index (χ1) is 6.53. The molecule has 1 heterocycles. The van der Waals surface area contributed by atoms with Crippen LogP contribution in [-0.4, -0.2) is 18.6 Å². The van der Waals surface area contributed by atoms with Gasteiger partial charge < -0.3 is 5.32 Å². The second-order valence-corrected chi connectivity index (χ2v) is 5.61. The summed E-state index contributed by atoms with van der Waals surface area (Å²) < 4.78 is 0. The number of thiazole rings is 1. The Labute approximate surface area is 90.8 Å². The first kappa shape index (κ1) is 11.7. The highest BCUT2D eigenvalue weighted by Gasteiger charge is 2.18. The number of rotatable bonds is 5. The molecular weight excluding hydrogens is 192 g/mol. The number of nitrogens with one attached hydrogen (secondary N) is 1. The smallest absolute Gasteiger partial charge is 0.0897 e. The molecule has 80 valence electrons. The maximum absolute atomic E-state index is 4.50. The predicted molar refractivity (Wildman–Crippen MR) is 62.9 cm³/mol. The molecule has 0 atom stereocenters. The minimum Gasteiger partial charge on any atom is -0.320 e. The number of aryl methyl sites for hydroxylation is 1. The highest BCUT2D eigenvalue weighted by molar-refractivity contribution is 7.09. The molecule has 1 rings (SSSR count). The zero-order valence-electron chi connectivity index (χ0n) is 9.55. The molecule has 0 saturated carbocycles. The molecule has 1 N–H and O–H groups in total. The van der Waals surface area contributed by atoms with E-state index in [0.717, 1.165) is 13.0 Å². The quantitative estimate of drug-likeness (QED) is 0.811. The average Bonchev–Trinajstić information content (AvgIpc) is 2.47. The zero-order valence-corrected chi connectivity index (χ0v) is 10.4. The highest BCUT2D eigenvalue weighted by Crippen LogP contribution is 2.25. The van der Waals surface area contributed by atoms with Gasteiger partial charge in [-0.3, -0.25) is 0 Å². The lowest BCUT2D eigenvalue weighted by molar-refractivity contribution is 0.327. The van der Waals surface area contributed by atoms with Gasteiger partial charge in [0.25, 0.3) is 0 Å². The van der Waals surface area contributed by atoms with Gasteiger partial charge in [0.1, 0.15) is 0 Å². The van der Waals surface area contributed by atoms with Crippen molar-refractivity contribution in [3.63, 3.8) is 0 Å². The van der Waals surface area contributed by atoms with Gasteiger partial charge in [0.2, 0.25) is 0 Å². The van der Waals surface area contributed by atoms with Gasteiger partial charge >= 0.3 is 0 Å². The average molecular weight is 212 g/mol. The van der Waals surface area contributed by atoms with Crippen LogP contribution in [0.4, 0.5) is 0 Å². The third-order valence-electron chi connectivity index (χ3n) is 2.38. The lowest BCUT2D eigenvalue weighted by Crippen LogP contribution is -2.21. The van der Waals surface area contributed by atoms with Gasteiger partial charge in [0.05, 0.1) is 10.7 Å². The Balaban J connectivity index is 2.49. The molecule has 0 saturated heterocycles. The normalized spacial score (nSPS) is 12.0. The number of hydrogen-bond acceptors (Lipinski definition) is 3. The second-order valence-electron chi connectivity index (χ2n) is 4.55. The topological polar surface area (TPSA) is 24.9 Å². The van der Waals surface area contributed by atoms with Crippen LogP contribution in [-0.2, 0) is 6.42 Å². The first-order valence-electron chi connectivity index (χ1n) is 5.09. The van der Waals surface area contributed by atoms with E-state index in [9.17, 15) is 0 Å². The number of hydrogen-bond donors (Lipinski definition) is 1. The first-order valence-corrected chi connectivity index (χ1v) is 5.97. The fraction of sp³-hybridized carbons (Fsp3) is 0.727. The summed E-state index contributed by atoms with van der Waals surface area (Å²) in [5.41, 5.74) is 1.59. The van der Waals surface area contributed by atoms with E-state index in [1.807, 2.05) is 7.05 Å². The van der Waals surface area contributed by atoms with E-state index in [4.69, 9.17) is 0 Å². The Morgan fingerprint density at radius 1 is 1.50 bits per heavy atom. The van der Waals surface area contributed by atoms with Crippen molar-refractivity contribution < 1.29 is 0 Å². The van der Waals surface area contributed by atoms with Crippen molar-refractivity contribution in [2.45, 2.75) is 33.6 Å². The van der Waals surface area contributed by atoms with Crippen molar-refractivity contribution in [3.05, 3.63) is 16.1 Å². The molecule has 14 heavy (non-hydrogen) atoms. The Kier molecular flexibility index (Phi) is 4.08. The maximum Gasteiger partial charge on any atom is 0.0897 e. The van der Waals surface area contributed by atoms with Gasteiger partial charge in [-0.2, -0.15) is 0 Å². The Morgan fingerprint density at radius 3 is 2.71 bits per heavy atom. The van der Waals surface area contributed by atoms with Crippen LogP contribution in [0.25, 0.3) is 0 Å². The minimum atomic E-state index is 0.351. The lowest BCUT2D eigenvalue weighted by atomic mass is 9.84. The summed E-state index contributed by atoms with van der Waals surface area (Å²) in [6.45, 7) is 7.75. The molecule has 0 fully saturated rings. The third kappa shape index (κ3) is 3.76. The largest absolute Gasteiger partial charge is 0.320 e. The van der Waals surface area contributed by atoms with E-state index in [0.29, 0.717) is 5.41 Å². The van der Waals surface area contributed by atoms with E-state index in [1.54, 1.807) is 11.3 Å². The maximum atomic E-state index is 4.50. The molecule has 0 spiro atoms. The zero-order chi connectivity index (χ0) is 10.6. The van der Waals surface area contributed by atoms with Crippen LogP contribution < -0.4 is 5.32 Å². The van der Waals surface area contributed by atoms with Crippen molar-refractivity contribution in [1.82, 2.24) is 10.3 Å². The third-order valence-corrected chi connectivity index (χ3v) is 3.20. The van der Waals surface area contributed by atoms with Crippen LogP contribution in [0.15, 0.2) is 5.38 Å². The van der Waals surface area contributed by atoms with E-state index in [2.05, 4.69) is 36.5 Å². The summed E-state index contributed by atoms with van der Waals surface area (Å²) in [4.78, 5) is 4.50. The molecule has 0 aliphatic heterocycles. The summed E-state index contributed by atoms with van der Waals surface area (Å²) >= 11 is 1.74. The van der Waals surface area contributed by atoms with Gasteiger partial charge in [-0.15, -0.1) is 11.3 Å². The molecule has 1 aromatic rings. The summed E-state index contributed by atoms with van der Waals surface area (Å²) in [5, 5.41) is 6.54. The predicted octanol–water partition coefficient (Wildman–Crippen LogP) is 2.63. The standard InChI is InChI=1S/C11H20N2S/c1-9-13-10(8-14-9)7-11(2,3)5-6-12-4/h8,12H,5-7H2,1-4H3. The van der Waals surface area contributed by atoms with Crippen LogP contribution >= 0.6 is 11.3 Å². The number of nitrogens with zero attached hydrogens (tertiary/aromatic N) is 1. The molecule has 0 aromatic carbocycles. The van der Waals surface area contributed by atoms with Crippen molar-refractivity contribution in [2.24, 2.45) is 5.41 Å². The Morgan fingerprint density at radius 2 is 2.21 bits per heavy atom. The van der Waals surface area contributed by atoms with E-state index in [-0.39, 0.29) is 0 Å². The highest BCUT2D eigenvalue weighted by atomic mass is 32.1. The lowest BCUT2D eigenvalue weighted by Gasteiger charge is -2.23. The molecule has 0 unspecified atom stereocenters. The second kappa shape index (κ2) is 4.89. The molecule has 0 aliphatic rings. The fourth-order valence-electron chi connectivity index (χ4n) is 1.53. The van der Waals surface area contributed by atoms with Gasteiger partial charge in [-0.05, 0) is 38.8 Å². The molecule has 1 aromatic heterocycles. The van der Waals surface area contributed by atoms with Crippen LogP contribution in [0.5, 0.6) is 0 Å². The van der Waals surface area contributed by atoms with Crippen LogP contribution in [0.1, 0.15) is 31.0 Å². The van der Waals surface area contributed by atoms with Crippen molar-refractivity contribution >= 4 is 11.3 Å². The molecule has 0 amide bonds. The summed E-state index contributed by atoms with van der Waals surface area (Å²) in [7, 11) is 2.00. The van der Waals surface area contributed by atoms with Crippen LogP contribution in [0.2, 0.25) is 0 Å². The molecule has 3 heteroatoms. The Hall–Kier alpha value is -0.410. The van der Waals surface area contributed by atoms with Crippen molar-refractivity contribution in [2.75, 3.05) is 13.6 Å². The van der Waals surface area contributed by atoms with E-state index in [1.165, 1.54) is 17.1 Å². The monoisotopic (exact) mass is 212 g/mol. The molecular formula is C11H20N2S. The Bertz CT molecular complexity index is 279. The van der Waals surface area contributed by atoms with Crippen molar-refractivity contribution in [1.29, 1.82) is 0 Å². The molecule has 0 radical (unpaired) electrons. The summed E-state index contributed by atoms with van der Waals surface area (Å²) in [6.07, 6.45) is 2.28. The summed E-state index contributed by atoms with van der Waals surface area (Å²) in [6, 6.07) is 0. The SMILES string of the molecule is CNCCC(C)(C)Cc1csc(C)n1. The fourth-order valence-corrected chi connectivity index (χ4v) is 2.14. The molecule has 0 aliphatic carbocycles. The molecule has 0 bridgehead atoms. The van der Waals surface area contributed by atoms with Gasteiger partial charge in [0.15, 0.2) is 0 Å². The molecule has 2 nitrogen and oxygen atoms in total. The van der Waals surface area contributed by atoms with Gasteiger partial charge in [-0.1, -0.05) is 13.8 Å². The van der Waals surface area contributed by atoms with Crippen molar-refractivity contribution in [3.8, 4) is 0 Å². The van der Waals surface area contributed by atoms with E-state index >= 15 is 0 Å². The van der Waals surface area contributed by atoms with Crippen LogP contribution in [0.3, 0.4) is 0 Å². The number of aromatic nitrogens is 1. The minimum absolute atomic E-state index is 0.351. The van der Waals surface area contributed by atoms with Crippen LogP contribution in [0, 0.1) is 12.3 Å². The summed E-state index contributed by atoms with van der Waals surface area (Å²) in [5.74, 6) is 0. The van der Waals surface area contributed by atoms with Gasteiger partial charge in [-0.25, -0.2) is 4.98 Å². The van der Waals surface area contributed by atoms with Gasteiger partial charge in [0, 0.05) is 5.38 Å². The van der Waals surface area contributed by atoms with E-state index < -0.39 is 0 Å².